The number of nitrogens with one attached hydrogen (secondary N) is 1. The van der Waals surface area contributed by atoms with Gasteiger partial charge in [0.25, 0.3) is 5.91 Å². The van der Waals surface area contributed by atoms with E-state index in [1.165, 1.54) is 12.1 Å². The lowest BCUT2D eigenvalue weighted by molar-refractivity contribution is 0.102. The Bertz CT molecular complexity index is 1230. The topological polar surface area (TPSA) is 82.2 Å². The Hall–Kier alpha value is -3.68. The van der Waals surface area contributed by atoms with E-state index in [1.807, 2.05) is 32.0 Å². The van der Waals surface area contributed by atoms with Gasteiger partial charge >= 0.3 is 0 Å². The number of amides is 1. The quantitative estimate of drug-likeness (QED) is 0.512. The molecule has 1 amide bonds. The SMILES string of the molecule is Cc1nc(C(=O)Nc2nn(-c3ccc(F)cc3)c3cccc(OC(C)C)c23)c(C)o1. The van der Waals surface area contributed by atoms with Crippen LogP contribution in [0.5, 0.6) is 5.75 Å². The number of ether oxygens (including phenoxy) is 1. The van der Waals surface area contributed by atoms with E-state index in [2.05, 4.69) is 15.4 Å². The van der Waals surface area contributed by atoms with E-state index in [9.17, 15) is 9.18 Å². The maximum Gasteiger partial charge on any atom is 0.279 e. The number of aromatic nitrogens is 3. The molecule has 2 heterocycles. The van der Waals surface area contributed by atoms with Crippen LogP contribution in [0.4, 0.5) is 10.2 Å². The van der Waals surface area contributed by atoms with Crippen LogP contribution in [0.15, 0.2) is 46.9 Å². The normalized spacial score (nSPS) is 11.3. The summed E-state index contributed by atoms with van der Waals surface area (Å²) < 4.78 is 26.4. The monoisotopic (exact) mass is 408 g/mol. The molecule has 0 aliphatic rings. The molecule has 2 aromatic carbocycles. The molecule has 0 fully saturated rings. The fourth-order valence-electron chi connectivity index (χ4n) is 3.26. The first-order chi connectivity index (χ1) is 14.3. The Kier molecular flexibility index (Phi) is 4.99. The van der Waals surface area contributed by atoms with Crippen molar-refractivity contribution in [1.29, 1.82) is 0 Å². The van der Waals surface area contributed by atoms with Gasteiger partial charge < -0.3 is 14.5 Å². The Morgan fingerprint density at radius 3 is 2.53 bits per heavy atom. The maximum absolute atomic E-state index is 13.4. The van der Waals surface area contributed by atoms with E-state index in [0.29, 0.717) is 39.8 Å². The van der Waals surface area contributed by atoms with Crippen molar-refractivity contribution in [1.82, 2.24) is 14.8 Å². The minimum absolute atomic E-state index is 0.0752. The second-order valence-corrected chi connectivity index (χ2v) is 7.15. The van der Waals surface area contributed by atoms with Crippen LogP contribution in [0, 0.1) is 19.7 Å². The zero-order chi connectivity index (χ0) is 21.4. The Labute approximate surface area is 172 Å². The molecule has 4 aromatic rings. The van der Waals surface area contributed by atoms with Gasteiger partial charge in [-0.05, 0) is 57.2 Å². The van der Waals surface area contributed by atoms with Crippen molar-refractivity contribution in [3.63, 3.8) is 0 Å². The summed E-state index contributed by atoms with van der Waals surface area (Å²) >= 11 is 0. The van der Waals surface area contributed by atoms with E-state index in [-0.39, 0.29) is 17.6 Å². The largest absolute Gasteiger partial charge is 0.490 e. The highest BCUT2D eigenvalue weighted by Crippen LogP contribution is 2.34. The minimum Gasteiger partial charge on any atom is -0.490 e. The number of rotatable bonds is 5. The van der Waals surface area contributed by atoms with Gasteiger partial charge in [0.2, 0.25) is 0 Å². The molecule has 0 atom stereocenters. The molecule has 7 nitrogen and oxygen atoms in total. The average Bonchev–Trinajstić information content (AvgIpc) is 3.22. The van der Waals surface area contributed by atoms with E-state index in [4.69, 9.17) is 9.15 Å². The van der Waals surface area contributed by atoms with Crippen molar-refractivity contribution in [2.45, 2.75) is 33.8 Å². The second-order valence-electron chi connectivity index (χ2n) is 7.15. The molecule has 30 heavy (non-hydrogen) atoms. The minimum atomic E-state index is -0.436. The highest BCUT2D eigenvalue weighted by molar-refractivity contribution is 6.09. The molecule has 2 aromatic heterocycles. The van der Waals surface area contributed by atoms with Crippen LogP contribution < -0.4 is 10.1 Å². The first-order valence-electron chi connectivity index (χ1n) is 9.53. The van der Waals surface area contributed by atoms with Crippen molar-refractivity contribution >= 4 is 22.6 Å². The third-order valence-corrected chi connectivity index (χ3v) is 4.45. The fraction of sp³-hybridized carbons (Fsp3) is 0.227. The molecule has 8 heteroatoms. The summed E-state index contributed by atoms with van der Waals surface area (Å²) in [5, 5.41) is 8.05. The predicted octanol–water partition coefficient (Wildman–Crippen LogP) is 4.81. The predicted molar refractivity (Wildman–Crippen MR) is 111 cm³/mol. The molecular weight excluding hydrogens is 387 g/mol. The highest BCUT2D eigenvalue weighted by Gasteiger charge is 2.22. The zero-order valence-corrected chi connectivity index (χ0v) is 17.1. The first kappa shape index (κ1) is 19.6. The summed E-state index contributed by atoms with van der Waals surface area (Å²) in [6.07, 6.45) is -0.0752. The molecule has 0 spiro atoms. The van der Waals surface area contributed by atoms with Gasteiger partial charge in [-0.25, -0.2) is 14.1 Å². The first-order valence-corrected chi connectivity index (χ1v) is 9.53. The van der Waals surface area contributed by atoms with Gasteiger partial charge in [0, 0.05) is 6.92 Å². The smallest absolute Gasteiger partial charge is 0.279 e. The molecule has 0 saturated carbocycles. The van der Waals surface area contributed by atoms with Crippen molar-refractivity contribution < 1.29 is 18.3 Å². The molecule has 0 radical (unpaired) electrons. The number of aryl methyl sites for hydroxylation is 2. The van der Waals surface area contributed by atoms with E-state index in [0.717, 1.165) is 0 Å². The summed E-state index contributed by atoms with van der Waals surface area (Å²) in [6, 6.07) is 11.5. The van der Waals surface area contributed by atoms with Gasteiger partial charge in [0.15, 0.2) is 17.4 Å². The number of carbonyl (C=O) groups is 1. The third kappa shape index (κ3) is 3.63. The van der Waals surface area contributed by atoms with Crippen molar-refractivity contribution in [3.8, 4) is 11.4 Å². The van der Waals surface area contributed by atoms with Gasteiger partial charge in [-0.15, -0.1) is 5.10 Å². The number of oxazole rings is 1. The molecule has 0 unspecified atom stereocenters. The molecule has 154 valence electrons. The van der Waals surface area contributed by atoms with Crippen molar-refractivity contribution in [3.05, 3.63) is 65.6 Å². The number of anilines is 1. The number of carbonyl (C=O) groups excluding carboxylic acids is 1. The summed E-state index contributed by atoms with van der Waals surface area (Å²) in [5.41, 5.74) is 1.56. The van der Waals surface area contributed by atoms with Gasteiger partial charge in [0.05, 0.1) is 22.7 Å². The molecule has 0 saturated heterocycles. The third-order valence-electron chi connectivity index (χ3n) is 4.45. The Morgan fingerprint density at radius 2 is 1.90 bits per heavy atom. The average molecular weight is 408 g/mol. The number of halogens is 1. The molecule has 0 bridgehead atoms. The number of hydrogen-bond donors (Lipinski definition) is 1. The number of hydrogen-bond acceptors (Lipinski definition) is 5. The lowest BCUT2D eigenvalue weighted by atomic mass is 10.2. The van der Waals surface area contributed by atoms with Crippen molar-refractivity contribution in [2.24, 2.45) is 0 Å². The summed E-state index contributed by atoms with van der Waals surface area (Å²) in [6.45, 7) is 7.19. The number of nitrogens with zero attached hydrogens (tertiary/aromatic N) is 3. The zero-order valence-electron chi connectivity index (χ0n) is 17.1. The van der Waals surface area contributed by atoms with Gasteiger partial charge in [-0.3, -0.25) is 4.79 Å². The Morgan fingerprint density at radius 1 is 1.17 bits per heavy atom. The number of fused-ring (bicyclic) bond motifs is 1. The standard InChI is InChI=1S/C22H21FN4O3/c1-12(2)29-18-7-5-6-17-19(18)21(25-22(28)20-13(3)30-14(4)24-20)26-27(17)16-10-8-15(23)9-11-16/h5-12H,1-4H3,(H,25,26,28). The second kappa shape index (κ2) is 7.62. The van der Waals surface area contributed by atoms with Crippen LogP contribution in [0.1, 0.15) is 36.0 Å². The van der Waals surface area contributed by atoms with Crippen LogP contribution in [0.3, 0.4) is 0 Å². The van der Waals surface area contributed by atoms with E-state index < -0.39 is 5.91 Å². The Balaban J connectivity index is 1.85. The van der Waals surface area contributed by atoms with E-state index >= 15 is 0 Å². The van der Waals surface area contributed by atoms with Crippen LogP contribution in [0.2, 0.25) is 0 Å². The number of benzene rings is 2. The summed E-state index contributed by atoms with van der Waals surface area (Å²) in [4.78, 5) is 17.0. The van der Waals surface area contributed by atoms with Crippen LogP contribution in [-0.2, 0) is 0 Å². The lowest BCUT2D eigenvalue weighted by Gasteiger charge is -2.11. The van der Waals surface area contributed by atoms with Gasteiger partial charge in [-0.2, -0.15) is 0 Å². The molecule has 4 rings (SSSR count). The lowest BCUT2D eigenvalue weighted by Crippen LogP contribution is -2.15. The molecule has 0 aliphatic carbocycles. The van der Waals surface area contributed by atoms with Crippen molar-refractivity contribution in [2.75, 3.05) is 5.32 Å². The van der Waals surface area contributed by atoms with E-state index in [1.54, 1.807) is 30.7 Å². The van der Waals surface area contributed by atoms with Crippen LogP contribution >= 0.6 is 0 Å². The molecular formula is C22H21FN4O3. The molecule has 0 aliphatic heterocycles. The maximum atomic E-state index is 13.4. The summed E-state index contributed by atoms with van der Waals surface area (Å²) in [7, 11) is 0. The summed E-state index contributed by atoms with van der Waals surface area (Å²) in [5.74, 6) is 0.947. The van der Waals surface area contributed by atoms with Crippen LogP contribution in [-0.4, -0.2) is 26.8 Å². The highest BCUT2D eigenvalue weighted by atomic mass is 19.1. The van der Waals surface area contributed by atoms with Gasteiger partial charge in [0.1, 0.15) is 17.3 Å². The van der Waals surface area contributed by atoms with Gasteiger partial charge in [-0.1, -0.05) is 6.07 Å². The molecule has 1 N–H and O–H groups in total. The van der Waals surface area contributed by atoms with Crippen LogP contribution in [0.25, 0.3) is 16.6 Å². The fourth-order valence-corrected chi connectivity index (χ4v) is 3.26.